The molecule has 18 heavy (non-hydrogen) atoms. The summed E-state index contributed by atoms with van der Waals surface area (Å²) >= 11 is 5.43. The molecule has 1 rings (SSSR count). The van der Waals surface area contributed by atoms with Crippen LogP contribution < -0.4 is 10.1 Å². The van der Waals surface area contributed by atoms with Crippen molar-refractivity contribution in [1.82, 2.24) is 5.32 Å². The summed E-state index contributed by atoms with van der Waals surface area (Å²) in [5.74, 6) is 0.785. The predicted molar refractivity (Wildman–Crippen MR) is 74.6 cm³/mol. The standard InChI is InChI=1S/C14H20ClNO2/c1-9-7-10(2)12(14(18-4)11(9)3)5-6-16-13(17)8-15/h7H,5-6,8H2,1-4H3,(H,16,17). The molecule has 0 heterocycles. The number of alkyl halides is 1. The fraction of sp³-hybridized carbons (Fsp3) is 0.500. The van der Waals surface area contributed by atoms with Crippen LogP contribution in [0.5, 0.6) is 5.75 Å². The number of ether oxygens (including phenoxy) is 1. The van der Waals surface area contributed by atoms with E-state index in [1.807, 2.05) is 0 Å². The molecule has 0 fully saturated rings. The van der Waals surface area contributed by atoms with Crippen molar-refractivity contribution in [3.63, 3.8) is 0 Å². The monoisotopic (exact) mass is 269 g/mol. The van der Waals surface area contributed by atoms with E-state index < -0.39 is 0 Å². The van der Waals surface area contributed by atoms with Gasteiger partial charge in [0, 0.05) is 6.54 Å². The largest absolute Gasteiger partial charge is 0.496 e. The van der Waals surface area contributed by atoms with Gasteiger partial charge in [-0.1, -0.05) is 6.07 Å². The summed E-state index contributed by atoms with van der Waals surface area (Å²) in [5, 5.41) is 2.77. The number of carbonyl (C=O) groups excluding carboxylic acids is 1. The highest BCUT2D eigenvalue weighted by atomic mass is 35.5. The van der Waals surface area contributed by atoms with Crippen molar-refractivity contribution in [2.75, 3.05) is 19.5 Å². The number of halogens is 1. The zero-order chi connectivity index (χ0) is 13.7. The molecule has 100 valence electrons. The fourth-order valence-electron chi connectivity index (χ4n) is 2.07. The number of hydrogen-bond acceptors (Lipinski definition) is 2. The normalized spacial score (nSPS) is 10.3. The third kappa shape index (κ3) is 3.39. The summed E-state index contributed by atoms with van der Waals surface area (Å²) in [5.41, 5.74) is 4.71. The maximum absolute atomic E-state index is 11.1. The van der Waals surface area contributed by atoms with E-state index >= 15 is 0 Å². The summed E-state index contributed by atoms with van der Waals surface area (Å²) in [4.78, 5) is 11.1. The number of methoxy groups -OCH3 is 1. The van der Waals surface area contributed by atoms with Crippen LogP contribution in [0.3, 0.4) is 0 Å². The van der Waals surface area contributed by atoms with Crippen LogP contribution in [0.1, 0.15) is 22.3 Å². The van der Waals surface area contributed by atoms with Gasteiger partial charge in [-0.2, -0.15) is 0 Å². The molecule has 0 radical (unpaired) electrons. The van der Waals surface area contributed by atoms with Crippen LogP contribution in [0.25, 0.3) is 0 Å². The third-order valence-corrected chi connectivity index (χ3v) is 3.38. The number of rotatable bonds is 5. The van der Waals surface area contributed by atoms with Crippen LogP contribution >= 0.6 is 11.6 Å². The molecule has 0 spiro atoms. The smallest absolute Gasteiger partial charge is 0.234 e. The molecule has 0 atom stereocenters. The molecule has 1 N–H and O–H groups in total. The molecule has 1 amide bonds. The van der Waals surface area contributed by atoms with E-state index in [1.165, 1.54) is 11.1 Å². The van der Waals surface area contributed by atoms with Crippen LogP contribution in [0.4, 0.5) is 0 Å². The summed E-state index contributed by atoms with van der Waals surface area (Å²) in [6.07, 6.45) is 0.749. The highest BCUT2D eigenvalue weighted by Crippen LogP contribution is 2.29. The third-order valence-electron chi connectivity index (χ3n) is 3.14. The van der Waals surface area contributed by atoms with E-state index in [2.05, 4.69) is 32.2 Å². The van der Waals surface area contributed by atoms with Gasteiger partial charge in [-0.05, 0) is 49.4 Å². The maximum Gasteiger partial charge on any atom is 0.234 e. The van der Waals surface area contributed by atoms with Gasteiger partial charge in [0.05, 0.1) is 7.11 Å². The van der Waals surface area contributed by atoms with Gasteiger partial charge in [0.1, 0.15) is 11.6 Å². The van der Waals surface area contributed by atoms with Crippen LogP contribution in [0.2, 0.25) is 0 Å². The number of hydrogen-bond donors (Lipinski definition) is 1. The lowest BCUT2D eigenvalue weighted by Crippen LogP contribution is -2.26. The number of carbonyl (C=O) groups is 1. The fourth-order valence-corrected chi connectivity index (χ4v) is 2.16. The molecule has 0 aromatic heterocycles. The van der Waals surface area contributed by atoms with Crippen molar-refractivity contribution in [1.29, 1.82) is 0 Å². The van der Waals surface area contributed by atoms with E-state index in [-0.39, 0.29) is 11.8 Å². The number of nitrogens with one attached hydrogen (secondary N) is 1. The van der Waals surface area contributed by atoms with Crippen LogP contribution in [-0.4, -0.2) is 25.4 Å². The summed E-state index contributed by atoms with van der Waals surface area (Å²) < 4.78 is 5.48. The topological polar surface area (TPSA) is 38.3 Å². The Morgan fingerprint density at radius 1 is 1.33 bits per heavy atom. The van der Waals surface area contributed by atoms with Crippen molar-refractivity contribution in [2.45, 2.75) is 27.2 Å². The zero-order valence-electron chi connectivity index (χ0n) is 11.4. The predicted octanol–water partition coefficient (Wildman–Crippen LogP) is 2.52. The molecule has 1 aromatic rings. The zero-order valence-corrected chi connectivity index (χ0v) is 12.1. The number of amides is 1. The number of benzene rings is 1. The molecule has 3 nitrogen and oxygen atoms in total. The highest BCUT2D eigenvalue weighted by molar-refractivity contribution is 6.27. The molecule has 0 saturated heterocycles. The van der Waals surface area contributed by atoms with Gasteiger partial charge in [0.15, 0.2) is 0 Å². The van der Waals surface area contributed by atoms with Gasteiger partial charge < -0.3 is 10.1 Å². The molecule has 0 aliphatic carbocycles. The Hall–Kier alpha value is -1.22. The molecule has 0 saturated carbocycles. The van der Waals surface area contributed by atoms with Gasteiger partial charge in [0.25, 0.3) is 0 Å². The lowest BCUT2D eigenvalue weighted by atomic mass is 9.97. The van der Waals surface area contributed by atoms with Crippen molar-refractivity contribution in [3.8, 4) is 5.75 Å². The summed E-state index contributed by atoms with van der Waals surface area (Å²) in [6, 6.07) is 2.15. The van der Waals surface area contributed by atoms with Crippen LogP contribution in [0.15, 0.2) is 6.07 Å². The lowest BCUT2D eigenvalue weighted by molar-refractivity contribution is -0.118. The van der Waals surface area contributed by atoms with E-state index in [0.717, 1.165) is 23.3 Å². The van der Waals surface area contributed by atoms with Gasteiger partial charge in [-0.25, -0.2) is 0 Å². The Bertz CT molecular complexity index is 444. The van der Waals surface area contributed by atoms with E-state index in [9.17, 15) is 4.79 Å². The van der Waals surface area contributed by atoms with Crippen LogP contribution in [0, 0.1) is 20.8 Å². The second-order valence-electron chi connectivity index (χ2n) is 4.38. The van der Waals surface area contributed by atoms with Crippen molar-refractivity contribution in [3.05, 3.63) is 28.3 Å². The molecule has 0 aliphatic heterocycles. The Balaban J connectivity index is 2.88. The molecular weight excluding hydrogens is 250 g/mol. The first-order chi connectivity index (χ1) is 8.51. The van der Waals surface area contributed by atoms with Gasteiger partial charge >= 0.3 is 0 Å². The van der Waals surface area contributed by atoms with E-state index in [1.54, 1.807) is 7.11 Å². The first-order valence-electron chi connectivity index (χ1n) is 5.97. The molecule has 0 bridgehead atoms. The van der Waals surface area contributed by atoms with Crippen molar-refractivity contribution in [2.24, 2.45) is 0 Å². The Kier molecular flexibility index (Phi) is 5.48. The Morgan fingerprint density at radius 2 is 2.00 bits per heavy atom. The van der Waals surface area contributed by atoms with Gasteiger partial charge in [0.2, 0.25) is 5.91 Å². The average molecular weight is 270 g/mol. The summed E-state index contributed by atoms with van der Waals surface area (Å²) in [6.45, 7) is 6.76. The maximum atomic E-state index is 11.1. The SMILES string of the molecule is COc1c(C)c(C)cc(C)c1CCNC(=O)CCl. The van der Waals surface area contributed by atoms with E-state index in [0.29, 0.717) is 6.54 Å². The summed E-state index contributed by atoms with van der Waals surface area (Å²) in [7, 11) is 1.68. The minimum absolute atomic E-state index is 0.00302. The second-order valence-corrected chi connectivity index (χ2v) is 4.65. The molecule has 4 heteroatoms. The van der Waals surface area contributed by atoms with E-state index in [4.69, 9.17) is 16.3 Å². The molecule has 0 unspecified atom stereocenters. The average Bonchev–Trinajstić information content (AvgIpc) is 2.35. The van der Waals surface area contributed by atoms with Gasteiger partial charge in [-0.15, -0.1) is 11.6 Å². The number of aryl methyl sites for hydroxylation is 2. The highest BCUT2D eigenvalue weighted by Gasteiger charge is 2.12. The quantitative estimate of drug-likeness (QED) is 0.834. The molecular formula is C14H20ClNO2. The van der Waals surface area contributed by atoms with Crippen molar-refractivity contribution >= 4 is 17.5 Å². The minimum atomic E-state index is -0.142. The minimum Gasteiger partial charge on any atom is -0.496 e. The Morgan fingerprint density at radius 3 is 2.56 bits per heavy atom. The van der Waals surface area contributed by atoms with Gasteiger partial charge in [-0.3, -0.25) is 4.79 Å². The molecule has 0 aliphatic rings. The van der Waals surface area contributed by atoms with Crippen molar-refractivity contribution < 1.29 is 9.53 Å². The lowest BCUT2D eigenvalue weighted by Gasteiger charge is -2.16. The van der Waals surface area contributed by atoms with Crippen LogP contribution in [-0.2, 0) is 11.2 Å². The molecule has 1 aromatic carbocycles. The second kappa shape index (κ2) is 6.64. The first-order valence-corrected chi connectivity index (χ1v) is 6.51. The Labute approximate surface area is 113 Å². The first kappa shape index (κ1) is 14.8.